The third kappa shape index (κ3) is 1.82. The normalized spacial score (nSPS) is 53.5. The minimum Gasteiger partial charge on any atom is -0.469 e. The third-order valence-corrected chi connectivity index (χ3v) is 8.79. The molecule has 0 aliphatic heterocycles. The summed E-state index contributed by atoms with van der Waals surface area (Å²) in [5.41, 5.74) is 0.852. The van der Waals surface area contributed by atoms with Crippen LogP contribution >= 0.6 is 0 Å². The average Bonchev–Trinajstić information content (AvgIpc) is 2.50. The maximum atomic E-state index is 12.1. The van der Waals surface area contributed by atoms with Gasteiger partial charge in [-0.15, -0.1) is 0 Å². The van der Waals surface area contributed by atoms with Gasteiger partial charge in [-0.3, -0.25) is 4.79 Å². The van der Waals surface area contributed by atoms with Crippen LogP contribution in [0.4, 0.5) is 0 Å². The summed E-state index contributed by atoms with van der Waals surface area (Å²) in [5, 5.41) is 0. The molecule has 4 saturated carbocycles. The molecule has 4 aliphatic rings. The van der Waals surface area contributed by atoms with E-state index in [1.165, 1.54) is 51.4 Å². The summed E-state index contributed by atoms with van der Waals surface area (Å²) >= 11 is 0. The van der Waals surface area contributed by atoms with Gasteiger partial charge in [0.1, 0.15) is 0 Å². The summed E-state index contributed by atoms with van der Waals surface area (Å²) in [6.45, 7) is 5.00. The predicted octanol–water partition coefficient (Wildman–Crippen LogP) is 4.82. The molecule has 0 spiro atoms. The van der Waals surface area contributed by atoms with E-state index < -0.39 is 0 Å². The molecule has 0 amide bonds. The number of methoxy groups -OCH3 is 1. The molecule has 0 N–H and O–H groups in total. The van der Waals surface area contributed by atoms with Crippen LogP contribution in [-0.4, -0.2) is 13.1 Å². The highest BCUT2D eigenvalue weighted by Gasteiger charge is 2.64. The lowest BCUT2D eigenvalue weighted by Gasteiger charge is -2.66. The Labute approximate surface area is 135 Å². The Morgan fingerprint density at radius 3 is 2.55 bits per heavy atom. The predicted molar refractivity (Wildman–Crippen MR) is 87.2 cm³/mol. The van der Waals surface area contributed by atoms with Gasteiger partial charge in [0.2, 0.25) is 0 Å². The van der Waals surface area contributed by atoms with E-state index in [4.69, 9.17) is 4.74 Å². The van der Waals surface area contributed by atoms with E-state index in [1.54, 1.807) is 7.11 Å². The highest BCUT2D eigenvalue weighted by Crippen LogP contribution is 2.69. The molecule has 0 aromatic rings. The molecule has 22 heavy (non-hydrogen) atoms. The second-order valence-corrected chi connectivity index (χ2v) is 9.26. The van der Waals surface area contributed by atoms with Crippen molar-refractivity contribution in [3.05, 3.63) is 0 Å². The molecule has 0 aromatic heterocycles. The Morgan fingerprint density at radius 1 is 0.955 bits per heavy atom. The van der Waals surface area contributed by atoms with E-state index in [2.05, 4.69) is 13.8 Å². The molecule has 2 heteroatoms. The van der Waals surface area contributed by atoms with Crippen LogP contribution in [0, 0.1) is 40.4 Å². The van der Waals surface area contributed by atoms with Crippen molar-refractivity contribution in [3.8, 4) is 0 Å². The quantitative estimate of drug-likeness (QED) is 0.649. The molecule has 0 saturated heterocycles. The summed E-state index contributed by atoms with van der Waals surface area (Å²) in [7, 11) is 1.55. The lowest BCUT2D eigenvalue weighted by molar-refractivity contribution is -0.199. The van der Waals surface area contributed by atoms with Crippen LogP contribution in [-0.2, 0) is 9.53 Å². The van der Waals surface area contributed by atoms with Gasteiger partial charge in [-0.1, -0.05) is 26.7 Å². The number of rotatable bonds is 1. The van der Waals surface area contributed by atoms with E-state index >= 15 is 0 Å². The van der Waals surface area contributed by atoms with Crippen LogP contribution in [0.1, 0.15) is 71.6 Å². The topological polar surface area (TPSA) is 26.3 Å². The largest absolute Gasteiger partial charge is 0.469 e. The summed E-state index contributed by atoms with van der Waals surface area (Å²) in [4.78, 5) is 12.1. The van der Waals surface area contributed by atoms with E-state index in [0.717, 1.165) is 30.1 Å². The van der Waals surface area contributed by atoms with Crippen molar-refractivity contribution in [2.24, 2.45) is 40.4 Å². The van der Waals surface area contributed by atoms with Crippen molar-refractivity contribution >= 4 is 5.97 Å². The number of hydrogen-bond acceptors (Lipinski definition) is 2. The van der Waals surface area contributed by atoms with E-state index in [-0.39, 0.29) is 17.3 Å². The Hall–Kier alpha value is -0.530. The second-order valence-electron chi connectivity index (χ2n) is 9.26. The van der Waals surface area contributed by atoms with Gasteiger partial charge in [0.15, 0.2) is 0 Å². The second kappa shape index (κ2) is 4.98. The molecule has 2 nitrogen and oxygen atoms in total. The Balaban J connectivity index is 1.57. The first kappa shape index (κ1) is 15.0. The number of carbonyl (C=O) groups excluding carboxylic acids is 1. The lowest BCUT2D eigenvalue weighted by atomic mass is 9.38. The van der Waals surface area contributed by atoms with Gasteiger partial charge in [0, 0.05) is 0 Å². The summed E-state index contributed by atoms with van der Waals surface area (Å²) in [6, 6.07) is 0. The summed E-state index contributed by atoms with van der Waals surface area (Å²) in [5.74, 6) is 3.83. The van der Waals surface area contributed by atoms with Crippen molar-refractivity contribution < 1.29 is 9.53 Å². The van der Waals surface area contributed by atoms with Gasteiger partial charge in [-0.2, -0.15) is 0 Å². The lowest BCUT2D eigenvalue weighted by Crippen LogP contribution is -2.61. The molecule has 4 fully saturated rings. The number of esters is 1. The van der Waals surface area contributed by atoms with Crippen molar-refractivity contribution in [2.45, 2.75) is 71.6 Å². The standard InChI is InChI=1S/C20H32O2/c1-19-10-5-4-6-13(19)7-8-14-15(19)9-11-20(2)16(14)12-17(20)18(21)22-3/h13-17H,4-12H2,1-3H3. The highest BCUT2D eigenvalue weighted by atomic mass is 16.5. The molecule has 124 valence electrons. The first-order valence-electron chi connectivity index (χ1n) is 9.58. The summed E-state index contributed by atoms with van der Waals surface area (Å²) in [6.07, 6.45) is 12.4. The molecular weight excluding hydrogens is 272 g/mol. The van der Waals surface area contributed by atoms with Gasteiger partial charge in [-0.25, -0.2) is 0 Å². The number of ether oxygens (including phenoxy) is 1. The minimum atomic E-state index is 0.0507. The minimum absolute atomic E-state index is 0.0507. The molecule has 0 radical (unpaired) electrons. The fraction of sp³-hybridized carbons (Fsp3) is 0.950. The van der Waals surface area contributed by atoms with Crippen LogP contribution in [0.15, 0.2) is 0 Å². The number of hydrogen-bond donors (Lipinski definition) is 0. The maximum absolute atomic E-state index is 12.1. The zero-order valence-corrected chi connectivity index (χ0v) is 14.6. The van der Waals surface area contributed by atoms with Crippen LogP contribution < -0.4 is 0 Å². The van der Waals surface area contributed by atoms with Crippen LogP contribution in [0.3, 0.4) is 0 Å². The molecule has 4 rings (SSSR count). The van der Waals surface area contributed by atoms with Gasteiger partial charge in [0.25, 0.3) is 0 Å². The van der Waals surface area contributed by atoms with E-state index in [1.807, 2.05) is 0 Å². The molecule has 0 bridgehead atoms. The first-order valence-corrected chi connectivity index (χ1v) is 9.58. The van der Waals surface area contributed by atoms with Crippen molar-refractivity contribution in [2.75, 3.05) is 7.11 Å². The zero-order chi connectivity index (χ0) is 15.5. The Bertz CT molecular complexity index is 472. The molecule has 7 atom stereocenters. The van der Waals surface area contributed by atoms with Crippen molar-refractivity contribution in [1.82, 2.24) is 0 Å². The van der Waals surface area contributed by atoms with Crippen LogP contribution in [0.25, 0.3) is 0 Å². The van der Waals surface area contributed by atoms with E-state index in [9.17, 15) is 4.79 Å². The van der Waals surface area contributed by atoms with E-state index in [0.29, 0.717) is 5.41 Å². The Kier molecular flexibility index (Phi) is 3.40. The van der Waals surface area contributed by atoms with Gasteiger partial charge in [-0.05, 0) is 79.4 Å². The average molecular weight is 304 g/mol. The fourth-order valence-corrected chi connectivity index (χ4v) is 7.39. The molecule has 0 aromatic carbocycles. The van der Waals surface area contributed by atoms with Gasteiger partial charge in [0.05, 0.1) is 13.0 Å². The monoisotopic (exact) mass is 304 g/mol. The molecular formula is C20H32O2. The number of fused-ring (bicyclic) bond motifs is 5. The van der Waals surface area contributed by atoms with Gasteiger partial charge >= 0.3 is 5.97 Å². The van der Waals surface area contributed by atoms with Crippen LogP contribution in [0.2, 0.25) is 0 Å². The molecule has 0 heterocycles. The van der Waals surface area contributed by atoms with Crippen molar-refractivity contribution in [1.29, 1.82) is 0 Å². The summed E-state index contributed by atoms with van der Waals surface area (Å²) < 4.78 is 5.07. The SMILES string of the molecule is COC(=O)C1CC2C3CCC4CCCCC4(C)C3CCC12C. The first-order chi connectivity index (χ1) is 10.5. The zero-order valence-electron chi connectivity index (χ0n) is 14.6. The number of carbonyl (C=O) groups is 1. The highest BCUT2D eigenvalue weighted by molar-refractivity contribution is 5.74. The molecule has 4 aliphatic carbocycles. The van der Waals surface area contributed by atoms with Crippen LogP contribution in [0.5, 0.6) is 0 Å². The Morgan fingerprint density at radius 2 is 1.77 bits per heavy atom. The molecule has 7 unspecified atom stereocenters. The third-order valence-electron chi connectivity index (χ3n) is 8.79. The van der Waals surface area contributed by atoms with Gasteiger partial charge < -0.3 is 4.74 Å². The fourth-order valence-electron chi connectivity index (χ4n) is 7.39. The maximum Gasteiger partial charge on any atom is 0.309 e. The van der Waals surface area contributed by atoms with Crippen molar-refractivity contribution in [3.63, 3.8) is 0 Å². The smallest absolute Gasteiger partial charge is 0.309 e.